The van der Waals surface area contributed by atoms with Crippen LogP contribution in [-0.2, 0) is 13.1 Å². The molecule has 1 heterocycles. The maximum absolute atomic E-state index is 5.32. The molecule has 25 heavy (non-hydrogen) atoms. The molecule has 0 saturated heterocycles. The monoisotopic (exact) mass is 459 g/mol. The van der Waals surface area contributed by atoms with Crippen LogP contribution in [0.1, 0.15) is 12.0 Å². The fourth-order valence-corrected chi connectivity index (χ4v) is 2.28. The van der Waals surface area contributed by atoms with Crippen molar-refractivity contribution in [3.8, 4) is 11.5 Å². The first kappa shape index (κ1) is 21.1. The molecular formula is C17H26IN5O2. The van der Waals surface area contributed by atoms with Crippen LogP contribution in [0.3, 0.4) is 0 Å². The molecule has 0 atom stereocenters. The van der Waals surface area contributed by atoms with Crippen LogP contribution < -0.4 is 20.1 Å². The second-order valence-corrected chi connectivity index (χ2v) is 5.20. The fourth-order valence-electron chi connectivity index (χ4n) is 2.28. The van der Waals surface area contributed by atoms with Crippen LogP contribution >= 0.6 is 24.0 Å². The summed E-state index contributed by atoms with van der Waals surface area (Å²) in [5.74, 6) is 2.22. The van der Waals surface area contributed by atoms with Gasteiger partial charge in [-0.1, -0.05) is 6.07 Å². The number of rotatable bonds is 8. The fraction of sp³-hybridized carbons (Fsp3) is 0.412. The Balaban J connectivity index is 0.00000312. The van der Waals surface area contributed by atoms with Crippen molar-refractivity contribution in [1.82, 2.24) is 20.2 Å². The highest BCUT2D eigenvalue weighted by atomic mass is 127. The highest BCUT2D eigenvalue weighted by Gasteiger charge is 2.05. The Morgan fingerprint density at radius 1 is 1.20 bits per heavy atom. The number of nitrogens with one attached hydrogen (secondary N) is 2. The van der Waals surface area contributed by atoms with Gasteiger partial charge in [0.25, 0.3) is 0 Å². The summed E-state index contributed by atoms with van der Waals surface area (Å²) in [5.41, 5.74) is 1.09. The van der Waals surface area contributed by atoms with Crippen molar-refractivity contribution in [2.75, 3.05) is 27.8 Å². The summed E-state index contributed by atoms with van der Waals surface area (Å²) in [5, 5.41) is 6.59. The van der Waals surface area contributed by atoms with Crippen molar-refractivity contribution in [1.29, 1.82) is 0 Å². The van der Waals surface area contributed by atoms with Crippen LogP contribution in [0.4, 0.5) is 0 Å². The van der Waals surface area contributed by atoms with E-state index < -0.39 is 0 Å². The number of ether oxygens (including phenoxy) is 2. The van der Waals surface area contributed by atoms with Crippen LogP contribution in [0.5, 0.6) is 11.5 Å². The number of halogens is 1. The molecule has 138 valence electrons. The number of nitrogens with zero attached hydrogens (tertiary/aromatic N) is 3. The molecule has 7 nitrogen and oxygen atoms in total. The third-order valence-electron chi connectivity index (χ3n) is 3.58. The quantitative estimate of drug-likeness (QED) is 0.274. The molecule has 0 aliphatic rings. The van der Waals surface area contributed by atoms with Gasteiger partial charge in [0.15, 0.2) is 17.5 Å². The number of aliphatic imine (C=N–C) groups is 1. The molecule has 0 unspecified atom stereocenters. The van der Waals surface area contributed by atoms with Gasteiger partial charge in [0.05, 0.1) is 20.5 Å². The molecule has 0 radical (unpaired) electrons. The number of imidazole rings is 1. The highest BCUT2D eigenvalue weighted by molar-refractivity contribution is 14.0. The molecule has 1 aromatic carbocycles. The lowest BCUT2D eigenvalue weighted by Gasteiger charge is -2.13. The van der Waals surface area contributed by atoms with E-state index in [9.17, 15) is 0 Å². The average Bonchev–Trinajstić information content (AvgIpc) is 3.14. The van der Waals surface area contributed by atoms with E-state index >= 15 is 0 Å². The van der Waals surface area contributed by atoms with Gasteiger partial charge in [-0.15, -0.1) is 24.0 Å². The number of methoxy groups -OCH3 is 2. The first-order valence-electron chi connectivity index (χ1n) is 7.88. The van der Waals surface area contributed by atoms with Crippen LogP contribution in [0.2, 0.25) is 0 Å². The molecule has 0 aliphatic carbocycles. The smallest absolute Gasteiger partial charge is 0.191 e. The Morgan fingerprint density at radius 2 is 2.00 bits per heavy atom. The second kappa shape index (κ2) is 11.6. The van der Waals surface area contributed by atoms with Crippen molar-refractivity contribution >= 4 is 29.9 Å². The number of hydrogen-bond acceptors (Lipinski definition) is 4. The molecule has 2 aromatic rings. The normalized spacial score (nSPS) is 10.8. The van der Waals surface area contributed by atoms with Gasteiger partial charge in [0, 0.05) is 39.1 Å². The van der Waals surface area contributed by atoms with E-state index in [1.807, 2.05) is 30.7 Å². The van der Waals surface area contributed by atoms with Crippen molar-refractivity contribution in [3.05, 3.63) is 42.5 Å². The number of aryl methyl sites for hydroxylation is 1. The lowest BCUT2D eigenvalue weighted by molar-refractivity contribution is 0.354. The third-order valence-corrected chi connectivity index (χ3v) is 3.58. The standard InChI is InChI=1S/C17H25N5O2.HI/c1-18-17(20-7-4-9-22-10-8-19-13-22)21-12-14-5-6-15(23-2)16(11-14)24-3;/h5-6,8,10-11,13H,4,7,9,12H2,1-3H3,(H2,18,20,21);1H. The van der Waals surface area contributed by atoms with Gasteiger partial charge in [-0.05, 0) is 24.1 Å². The third kappa shape index (κ3) is 6.81. The highest BCUT2D eigenvalue weighted by Crippen LogP contribution is 2.27. The Kier molecular flexibility index (Phi) is 9.75. The van der Waals surface area contributed by atoms with E-state index in [0.717, 1.165) is 42.5 Å². The van der Waals surface area contributed by atoms with Crippen LogP contribution in [0, 0.1) is 0 Å². The molecule has 0 aliphatic heterocycles. The summed E-state index contributed by atoms with van der Waals surface area (Å²) in [6, 6.07) is 5.86. The Bertz CT molecular complexity index is 646. The van der Waals surface area contributed by atoms with E-state index in [1.54, 1.807) is 27.5 Å². The molecule has 0 saturated carbocycles. The predicted octanol–water partition coefficient (Wildman–Crippen LogP) is 2.27. The second-order valence-electron chi connectivity index (χ2n) is 5.20. The minimum Gasteiger partial charge on any atom is -0.493 e. The van der Waals surface area contributed by atoms with Gasteiger partial charge in [0.1, 0.15) is 0 Å². The summed E-state index contributed by atoms with van der Waals surface area (Å²) in [6.45, 7) is 2.42. The lowest BCUT2D eigenvalue weighted by Crippen LogP contribution is -2.37. The average molecular weight is 459 g/mol. The van der Waals surface area contributed by atoms with Crippen LogP contribution in [-0.4, -0.2) is 43.3 Å². The lowest BCUT2D eigenvalue weighted by atomic mass is 10.2. The van der Waals surface area contributed by atoms with Crippen molar-refractivity contribution in [3.63, 3.8) is 0 Å². The first-order chi connectivity index (χ1) is 11.8. The molecule has 0 amide bonds. The molecule has 2 N–H and O–H groups in total. The minimum absolute atomic E-state index is 0. The van der Waals surface area contributed by atoms with Gasteiger partial charge >= 0.3 is 0 Å². The van der Waals surface area contributed by atoms with Gasteiger partial charge in [-0.25, -0.2) is 4.98 Å². The zero-order valence-corrected chi connectivity index (χ0v) is 17.2. The Hall–Kier alpha value is -1.97. The SMILES string of the molecule is CN=C(NCCCn1ccnc1)NCc1ccc(OC)c(OC)c1.I. The predicted molar refractivity (Wildman–Crippen MR) is 110 cm³/mol. The van der Waals surface area contributed by atoms with Crippen LogP contribution in [0.25, 0.3) is 0 Å². The van der Waals surface area contributed by atoms with Gasteiger partial charge in [-0.3, -0.25) is 4.99 Å². The largest absolute Gasteiger partial charge is 0.493 e. The Morgan fingerprint density at radius 3 is 2.64 bits per heavy atom. The molecule has 0 bridgehead atoms. The molecule has 0 fully saturated rings. The summed E-state index contributed by atoms with van der Waals surface area (Å²) < 4.78 is 12.6. The molecule has 1 aromatic heterocycles. The summed E-state index contributed by atoms with van der Waals surface area (Å²) in [7, 11) is 5.03. The minimum atomic E-state index is 0. The number of aromatic nitrogens is 2. The maximum atomic E-state index is 5.32. The van der Waals surface area contributed by atoms with Crippen LogP contribution in [0.15, 0.2) is 41.9 Å². The van der Waals surface area contributed by atoms with E-state index in [4.69, 9.17) is 9.47 Å². The summed E-state index contributed by atoms with van der Waals surface area (Å²) in [4.78, 5) is 8.26. The topological polar surface area (TPSA) is 72.7 Å². The number of hydrogen-bond donors (Lipinski definition) is 2. The molecule has 0 spiro atoms. The Labute approximate surface area is 165 Å². The van der Waals surface area contributed by atoms with E-state index in [-0.39, 0.29) is 24.0 Å². The van der Waals surface area contributed by atoms with E-state index in [1.165, 1.54) is 0 Å². The van der Waals surface area contributed by atoms with E-state index in [2.05, 4.69) is 25.2 Å². The van der Waals surface area contributed by atoms with Gasteiger partial charge in [0.2, 0.25) is 0 Å². The number of benzene rings is 1. The molecule has 8 heteroatoms. The molecular weight excluding hydrogens is 433 g/mol. The van der Waals surface area contributed by atoms with Gasteiger partial charge < -0.3 is 24.7 Å². The van der Waals surface area contributed by atoms with E-state index in [0.29, 0.717) is 6.54 Å². The zero-order valence-electron chi connectivity index (χ0n) is 14.9. The summed E-state index contributed by atoms with van der Waals surface area (Å²) in [6.07, 6.45) is 6.57. The first-order valence-corrected chi connectivity index (χ1v) is 7.88. The van der Waals surface area contributed by atoms with Gasteiger partial charge in [-0.2, -0.15) is 0 Å². The van der Waals surface area contributed by atoms with Crippen molar-refractivity contribution < 1.29 is 9.47 Å². The maximum Gasteiger partial charge on any atom is 0.191 e. The summed E-state index contributed by atoms with van der Waals surface area (Å²) >= 11 is 0. The number of guanidine groups is 1. The van der Waals surface area contributed by atoms with Crippen molar-refractivity contribution in [2.24, 2.45) is 4.99 Å². The molecule has 2 rings (SSSR count). The zero-order chi connectivity index (χ0) is 17.2. The van der Waals surface area contributed by atoms with Crippen molar-refractivity contribution in [2.45, 2.75) is 19.5 Å².